The van der Waals surface area contributed by atoms with E-state index in [1.165, 1.54) is 6.07 Å². The molecule has 3 nitrogen and oxygen atoms in total. The summed E-state index contributed by atoms with van der Waals surface area (Å²) < 4.78 is 14.0. The molecule has 2 heterocycles. The Labute approximate surface area is 127 Å². The third-order valence-corrected chi connectivity index (χ3v) is 4.22. The van der Waals surface area contributed by atoms with E-state index in [2.05, 4.69) is 4.98 Å². The zero-order chi connectivity index (χ0) is 15.1. The number of fused-ring (bicyclic) bond motifs is 2. The molecular formula is C18H15FN2O. The van der Waals surface area contributed by atoms with Crippen LogP contribution in [-0.2, 0) is 6.42 Å². The van der Waals surface area contributed by atoms with Crippen molar-refractivity contribution in [2.75, 3.05) is 11.4 Å². The number of pyridine rings is 1. The molecule has 0 bridgehead atoms. The molecule has 0 unspecified atom stereocenters. The molecule has 0 radical (unpaired) electrons. The molecule has 1 aliphatic rings. The molecule has 110 valence electrons. The van der Waals surface area contributed by atoms with Gasteiger partial charge in [0.1, 0.15) is 11.5 Å². The van der Waals surface area contributed by atoms with E-state index in [9.17, 15) is 9.18 Å². The highest BCUT2D eigenvalue weighted by molar-refractivity contribution is 5.83. The van der Waals surface area contributed by atoms with Gasteiger partial charge in [0.15, 0.2) is 0 Å². The minimum atomic E-state index is -0.195. The molecule has 0 saturated carbocycles. The van der Waals surface area contributed by atoms with Gasteiger partial charge >= 0.3 is 0 Å². The van der Waals surface area contributed by atoms with Gasteiger partial charge in [0.2, 0.25) is 0 Å². The number of aromatic amines is 1. The van der Waals surface area contributed by atoms with Gasteiger partial charge in [0.05, 0.1) is 0 Å². The first-order valence-corrected chi connectivity index (χ1v) is 7.41. The van der Waals surface area contributed by atoms with Crippen molar-refractivity contribution in [3.63, 3.8) is 0 Å². The van der Waals surface area contributed by atoms with Gasteiger partial charge in [-0.05, 0) is 37.1 Å². The maximum atomic E-state index is 14.0. The van der Waals surface area contributed by atoms with Gasteiger partial charge in [0.25, 0.3) is 5.56 Å². The molecule has 4 heteroatoms. The summed E-state index contributed by atoms with van der Waals surface area (Å²) in [5.41, 5.74) is 2.74. The molecular weight excluding hydrogens is 279 g/mol. The van der Waals surface area contributed by atoms with Gasteiger partial charge in [-0.1, -0.05) is 24.3 Å². The van der Waals surface area contributed by atoms with Crippen LogP contribution in [0.2, 0.25) is 0 Å². The van der Waals surface area contributed by atoms with Crippen LogP contribution in [-0.4, -0.2) is 11.5 Å². The van der Waals surface area contributed by atoms with Crippen LogP contribution < -0.4 is 10.5 Å². The molecule has 0 amide bonds. The van der Waals surface area contributed by atoms with Crippen LogP contribution in [0.5, 0.6) is 0 Å². The van der Waals surface area contributed by atoms with E-state index in [-0.39, 0.29) is 11.4 Å². The van der Waals surface area contributed by atoms with E-state index in [0.717, 1.165) is 29.6 Å². The number of hydrogen-bond acceptors (Lipinski definition) is 2. The van der Waals surface area contributed by atoms with Gasteiger partial charge in [-0.15, -0.1) is 0 Å². The Hall–Kier alpha value is -2.62. The summed E-state index contributed by atoms with van der Waals surface area (Å²) in [5, 5.41) is 0.973. The summed E-state index contributed by atoms with van der Waals surface area (Å²) in [6.45, 7) is 0.720. The maximum Gasteiger partial charge on any atom is 0.272 e. The first kappa shape index (κ1) is 13.1. The van der Waals surface area contributed by atoms with E-state index in [1.807, 2.05) is 41.3 Å². The lowest BCUT2D eigenvalue weighted by Crippen LogP contribution is -2.30. The van der Waals surface area contributed by atoms with Gasteiger partial charge in [-0.25, -0.2) is 4.39 Å². The average Bonchev–Trinajstić information content (AvgIpc) is 2.54. The van der Waals surface area contributed by atoms with Crippen LogP contribution in [0.15, 0.2) is 53.3 Å². The first-order valence-electron chi connectivity index (χ1n) is 7.41. The molecule has 1 N–H and O–H groups in total. The molecule has 1 aromatic heterocycles. The highest BCUT2D eigenvalue weighted by atomic mass is 19.1. The minimum absolute atomic E-state index is 0.143. The Bertz CT molecular complexity index is 916. The third-order valence-electron chi connectivity index (χ3n) is 4.22. The molecule has 0 atom stereocenters. The van der Waals surface area contributed by atoms with Crippen LogP contribution in [0.3, 0.4) is 0 Å². The topological polar surface area (TPSA) is 36.1 Å². The Morgan fingerprint density at radius 1 is 1.05 bits per heavy atom. The predicted molar refractivity (Wildman–Crippen MR) is 86.3 cm³/mol. The first-order chi connectivity index (χ1) is 10.7. The standard InChI is InChI=1S/C18H15FN2O/c19-14-7-3-9-16-13(14)6-4-10-21(16)17-11-12-5-1-2-8-15(12)20-18(17)22/h1-3,5,7-9,11H,4,6,10H2,(H,20,22). The van der Waals surface area contributed by atoms with E-state index < -0.39 is 0 Å². The summed E-state index contributed by atoms with van der Waals surface area (Å²) >= 11 is 0. The second kappa shape index (κ2) is 4.98. The van der Waals surface area contributed by atoms with Gasteiger partial charge in [-0.2, -0.15) is 0 Å². The predicted octanol–water partition coefficient (Wildman–Crippen LogP) is 3.75. The smallest absolute Gasteiger partial charge is 0.272 e. The number of nitrogens with zero attached hydrogens (tertiary/aromatic N) is 1. The second-order valence-corrected chi connectivity index (χ2v) is 5.56. The molecule has 1 aliphatic heterocycles. The summed E-state index contributed by atoms with van der Waals surface area (Å²) in [6.07, 6.45) is 1.55. The van der Waals surface area contributed by atoms with E-state index in [0.29, 0.717) is 17.7 Å². The fourth-order valence-electron chi connectivity index (χ4n) is 3.17. The fraction of sp³-hybridized carbons (Fsp3) is 0.167. The van der Waals surface area contributed by atoms with Gasteiger partial charge in [0, 0.05) is 28.7 Å². The monoisotopic (exact) mass is 294 g/mol. The highest BCUT2D eigenvalue weighted by Gasteiger charge is 2.22. The van der Waals surface area contributed by atoms with Gasteiger partial charge < -0.3 is 9.88 Å². The largest absolute Gasteiger partial charge is 0.337 e. The Morgan fingerprint density at radius 2 is 1.91 bits per heavy atom. The zero-order valence-electron chi connectivity index (χ0n) is 12.0. The third kappa shape index (κ3) is 1.99. The van der Waals surface area contributed by atoms with Crippen LogP contribution >= 0.6 is 0 Å². The van der Waals surface area contributed by atoms with Crippen LogP contribution in [0.1, 0.15) is 12.0 Å². The van der Waals surface area contributed by atoms with Crippen molar-refractivity contribution in [1.82, 2.24) is 4.98 Å². The number of anilines is 2. The van der Waals surface area contributed by atoms with Crippen molar-refractivity contribution < 1.29 is 4.39 Å². The maximum absolute atomic E-state index is 14.0. The number of para-hydroxylation sites is 1. The summed E-state index contributed by atoms with van der Waals surface area (Å²) in [7, 11) is 0. The van der Waals surface area contributed by atoms with Crippen molar-refractivity contribution >= 4 is 22.3 Å². The lowest BCUT2D eigenvalue weighted by atomic mass is 10.0. The van der Waals surface area contributed by atoms with Crippen LogP contribution in [0.25, 0.3) is 10.9 Å². The number of H-pyrrole nitrogens is 1. The van der Waals surface area contributed by atoms with Crippen molar-refractivity contribution in [3.8, 4) is 0 Å². The second-order valence-electron chi connectivity index (χ2n) is 5.56. The lowest BCUT2D eigenvalue weighted by molar-refractivity contribution is 0.596. The molecule has 0 saturated heterocycles. The number of rotatable bonds is 1. The summed E-state index contributed by atoms with van der Waals surface area (Å²) in [5.74, 6) is -0.195. The van der Waals surface area contributed by atoms with Crippen LogP contribution in [0.4, 0.5) is 15.8 Å². The number of halogens is 1. The van der Waals surface area contributed by atoms with Crippen molar-refractivity contribution in [3.05, 3.63) is 70.3 Å². The normalized spacial score (nSPS) is 14.1. The molecule has 2 aromatic carbocycles. The lowest BCUT2D eigenvalue weighted by Gasteiger charge is -2.31. The molecule has 0 spiro atoms. The molecule has 22 heavy (non-hydrogen) atoms. The molecule has 3 aromatic rings. The number of aromatic nitrogens is 1. The van der Waals surface area contributed by atoms with E-state index in [1.54, 1.807) is 6.07 Å². The Morgan fingerprint density at radius 3 is 2.82 bits per heavy atom. The average molecular weight is 294 g/mol. The fourth-order valence-corrected chi connectivity index (χ4v) is 3.17. The zero-order valence-corrected chi connectivity index (χ0v) is 12.0. The van der Waals surface area contributed by atoms with Crippen molar-refractivity contribution in [2.45, 2.75) is 12.8 Å². The van der Waals surface area contributed by atoms with Crippen molar-refractivity contribution in [1.29, 1.82) is 0 Å². The quantitative estimate of drug-likeness (QED) is 0.742. The Kier molecular flexibility index (Phi) is 2.96. The highest BCUT2D eigenvalue weighted by Crippen LogP contribution is 2.33. The van der Waals surface area contributed by atoms with Crippen molar-refractivity contribution in [2.24, 2.45) is 0 Å². The summed E-state index contributed by atoms with van der Waals surface area (Å²) in [4.78, 5) is 17.3. The van der Waals surface area contributed by atoms with E-state index >= 15 is 0 Å². The summed E-state index contributed by atoms with van der Waals surface area (Å²) in [6, 6.07) is 14.6. The number of hydrogen-bond donors (Lipinski definition) is 1. The van der Waals surface area contributed by atoms with Crippen LogP contribution in [0, 0.1) is 5.82 Å². The molecule has 4 rings (SSSR count). The SMILES string of the molecule is O=c1[nH]c2ccccc2cc1N1CCCc2c(F)cccc21. The molecule has 0 fully saturated rings. The number of benzene rings is 2. The van der Waals surface area contributed by atoms with Gasteiger partial charge in [-0.3, -0.25) is 4.79 Å². The molecule has 0 aliphatic carbocycles. The number of nitrogens with one attached hydrogen (secondary N) is 1. The Balaban J connectivity index is 1.92. The minimum Gasteiger partial charge on any atom is -0.337 e. The van der Waals surface area contributed by atoms with E-state index in [4.69, 9.17) is 0 Å².